The Balaban J connectivity index is 2.19. The summed E-state index contributed by atoms with van der Waals surface area (Å²) < 4.78 is 0. The molecule has 110 valence electrons. The number of rotatable bonds is 4. The molecular weight excluding hydrogens is 244 g/mol. The van der Waals surface area contributed by atoms with E-state index in [2.05, 4.69) is 39.8 Å². The molecule has 0 saturated heterocycles. The van der Waals surface area contributed by atoms with Crippen molar-refractivity contribution < 1.29 is 4.79 Å². The van der Waals surface area contributed by atoms with E-state index in [1.54, 1.807) is 0 Å². The minimum atomic E-state index is -0.125. The maximum Gasteiger partial charge on any atom is 0.168 e. The van der Waals surface area contributed by atoms with E-state index < -0.39 is 0 Å². The first kappa shape index (κ1) is 15.3. The van der Waals surface area contributed by atoms with Gasteiger partial charge in [-0.3, -0.25) is 4.79 Å². The molecule has 1 heteroatoms. The van der Waals surface area contributed by atoms with Gasteiger partial charge in [0.05, 0.1) is 0 Å². The van der Waals surface area contributed by atoms with Gasteiger partial charge in [-0.1, -0.05) is 71.2 Å². The fourth-order valence-electron chi connectivity index (χ4n) is 3.18. The lowest BCUT2D eigenvalue weighted by molar-refractivity contribution is 0.0749. The molecule has 0 aliphatic heterocycles. The maximum atomic E-state index is 12.8. The van der Waals surface area contributed by atoms with Crippen molar-refractivity contribution in [1.82, 2.24) is 0 Å². The molecule has 1 fully saturated rings. The molecule has 1 aliphatic rings. The van der Waals surface area contributed by atoms with Crippen LogP contribution in [0.15, 0.2) is 24.3 Å². The van der Waals surface area contributed by atoms with Crippen LogP contribution in [0.2, 0.25) is 0 Å². The Morgan fingerprint density at radius 2 is 1.65 bits per heavy atom. The summed E-state index contributed by atoms with van der Waals surface area (Å²) in [5, 5.41) is 0. The highest BCUT2D eigenvalue weighted by molar-refractivity contribution is 6.00. The Morgan fingerprint density at radius 3 is 2.15 bits per heavy atom. The average molecular weight is 272 g/mol. The van der Waals surface area contributed by atoms with E-state index >= 15 is 0 Å². The fraction of sp³-hybridized carbons (Fsp3) is 0.632. The topological polar surface area (TPSA) is 17.1 Å². The molecule has 1 aromatic rings. The van der Waals surface area contributed by atoms with Crippen molar-refractivity contribution in [2.24, 2.45) is 5.41 Å². The molecule has 0 heterocycles. The number of carbonyl (C=O) groups is 1. The first-order valence-corrected chi connectivity index (χ1v) is 8.04. The largest absolute Gasteiger partial charge is 0.294 e. The standard InChI is InChI=1S/C19H28O/c1-5-18(2,3)16-11-9-15(10-12-16)17(20)19(4)13-7-6-8-14-19/h9-12H,5-8,13-14H2,1-4H3. The highest BCUT2D eigenvalue weighted by atomic mass is 16.1. The highest BCUT2D eigenvalue weighted by Crippen LogP contribution is 2.39. The van der Waals surface area contributed by atoms with Gasteiger partial charge >= 0.3 is 0 Å². The van der Waals surface area contributed by atoms with Gasteiger partial charge in [0.15, 0.2) is 5.78 Å². The van der Waals surface area contributed by atoms with Gasteiger partial charge in [0, 0.05) is 11.0 Å². The molecule has 0 N–H and O–H groups in total. The molecule has 0 aromatic heterocycles. The molecular formula is C19H28O. The summed E-state index contributed by atoms with van der Waals surface area (Å²) in [5.74, 6) is 0.345. The number of hydrogen-bond donors (Lipinski definition) is 0. The molecule has 0 unspecified atom stereocenters. The van der Waals surface area contributed by atoms with E-state index in [-0.39, 0.29) is 10.8 Å². The molecule has 1 nitrogen and oxygen atoms in total. The van der Waals surface area contributed by atoms with Crippen LogP contribution in [0.25, 0.3) is 0 Å². The monoisotopic (exact) mass is 272 g/mol. The lowest BCUT2D eigenvalue weighted by Gasteiger charge is -2.32. The van der Waals surface area contributed by atoms with E-state index in [1.807, 2.05) is 12.1 Å². The molecule has 0 radical (unpaired) electrons. The third-order valence-electron chi connectivity index (χ3n) is 5.32. The Bertz CT molecular complexity index is 461. The summed E-state index contributed by atoms with van der Waals surface area (Å²) in [7, 11) is 0. The zero-order chi connectivity index (χ0) is 14.8. The van der Waals surface area contributed by atoms with Crippen LogP contribution < -0.4 is 0 Å². The first-order valence-electron chi connectivity index (χ1n) is 8.04. The molecule has 1 aromatic carbocycles. The van der Waals surface area contributed by atoms with Crippen LogP contribution in [0, 0.1) is 5.41 Å². The van der Waals surface area contributed by atoms with Crippen LogP contribution in [-0.4, -0.2) is 5.78 Å². The van der Waals surface area contributed by atoms with Crippen molar-refractivity contribution in [2.45, 2.75) is 71.6 Å². The summed E-state index contributed by atoms with van der Waals surface area (Å²) in [4.78, 5) is 12.8. The van der Waals surface area contributed by atoms with Crippen LogP contribution in [0.3, 0.4) is 0 Å². The number of ketones is 1. The second-order valence-electron chi connectivity index (χ2n) is 7.27. The lowest BCUT2D eigenvalue weighted by atomic mass is 9.71. The van der Waals surface area contributed by atoms with E-state index in [1.165, 1.54) is 24.8 Å². The molecule has 0 spiro atoms. The maximum absolute atomic E-state index is 12.8. The van der Waals surface area contributed by atoms with E-state index in [4.69, 9.17) is 0 Å². The Morgan fingerprint density at radius 1 is 1.10 bits per heavy atom. The number of Topliss-reactive ketones (excluding diaryl/α,β-unsaturated/α-hetero) is 1. The minimum absolute atomic E-state index is 0.125. The predicted molar refractivity (Wildman–Crippen MR) is 85.3 cm³/mol. The van der Waals surface area contributed by atoms with Gasteiger partial charge < -0.3 is 0 Å². The molecule has 0 atom stereocenters. The predicted octanol–water partition coefficient (Wildman–Crippen LogP) is 5.53. The zero-order valence-corrected chi connectivity index (χ0v) is 13.5. The Hall–Kier alpha value is -1.11. The van der Waals surface area contributed by atoms with E-state index in [0.717, 1.165) is 24.8 Å². The molecule has 1 aliphatic carbocycles. The molecule has 1 saturated carbocycles. The lowest BCUT2D eigenvalue weighted by Crippen LogP contribution is -2.30. The second-order valence-corrected chi connectivity index (χ2v) is 7.27. The normalized spacial score (nSPS) is 18.8. The quantitative estimate of drug-likeness (QED) is 0.659. The number of hydrogen-bond acceptors (Lipinski definition) is 1. The minimum Gasteiger partial charge on any atom is -0.294 e. The second kappa shape index (κ2) is 5.71. The SMILES string of the molecule is CCC(C)(C)c1ccc(C(=O)C2(C)CCCCC2)cc1. The molecule has 20 heavy (non-hydrogen) atoms. The average Bonchev–Trinajstić information content (AvgIpc) is 2.47. The molecule has 2 rings (SSSR count). The molecule has 0 amide bonds. The number of carbonyl (C=O) groups excluding carboxylic acids is 1. The third-order valence-corrected chi connectivity index (χ3v) is 5.32. The van der Waals surface area contributed by atoms with Gasteiger partial charge in [-0.25, -0.2) is 0 Å². The Kier molecular flexibility index (Phi) is 4.36. The fourth-order valence-corrected chi connectivity index (χ4v) is 3.18. The van der Waals surface area contributed by atoms with Gasteiger partial charge in [0.25, 0.3) is 0 Å². The van der Waals surface area contributed by atoms with Gasteiger partial charge in [0.2, 0.25) is 0 Å². The van der Waals surface area contributed by atoms with Crippen LogP contribution in [0.5, 0.6) is 0 Å². The van der Waals surface area contributed by atoms with Crippen molar-refractivity contribution in [3.05, 3.63) is 35.4 Å². The van der Waals surface area contributed by atoms with Crippen molar-refractivity contribution in [3.63, 3.8) is 0 Å². The summed E-state index contributed by atoms with van der Waals surface area (Å²) in [6, 6.07) is 8.36. The third kappa shape index (κ3) is 2.97. The van der Waals surface area contributed by atoms with Crippen molar-refractivity contribution in [1.29, 1.82) is 0 Å². The van der Waals surface area contributed by atoms with Crippen LogP contribution in [0.4, 0.5) is 0 Å². The van der Waals surface area contributed by atoms with Gasteiger partial charge in [-0.2, -0.15) is 0 Å². The zero-order valence-electron chi connectivity index (χ0n) is 13.5. The van der Waals surface area contributed by atoms with Crippen LogP contribution in [0.1, 0.15) is 82.1 Å². The van der Waals surface area contributed by atoms with Crippen molar-refractivity contribution in [2.75, 3.05) is 0 Å². The summed E-state index contributed by atoms with van der Waals surface area (Å²) in [6.07, 6.45) is 6.89. The van der Waals surface area contributed by atoms with Crippen LogP contribution >= 0.6 is 0 Å². The van der Waals surface area contributed by atoms with Gasteiger partial charge in [-0.15, -0.1) is 0 Å². The van der Waals surface area contributed by atoms with Crippen molar-refractivity contribution in [3.8, 4) is 0 Å². The molecule has 0 bridgehead atoms. The summed E-state index contributed by atoms with van der Waals surface area (Å²) >= 11 is 0. The van der Waals surface area contributed by atoms with Gasteiger partial charge in [-0.05, 0) is 30.2 Å². The smallest absolute Gasteiger partial charge is 0.168 e. The van der Waals surface area contributed by atoms with E-state index in [9.17, 15) is 4.79 Å². The first-order chi connectivity index (χ1) is 9.39. The highest BCUT2D eigenvalue weighted by Gasteiger charge is 2.35. The van der Waals surface area contributed by atoms with Gasteiger partial charge in [0.1, 0.15) is 0 Å². The summed E-state index contributed by atoms with van der Waals surface area (Å²) in [5.41, 5.74) is 2.28. The number of benzene rings is 1. The Labute approximate surface area is 123 Å². The van der Waals surface area contributed by atoms with Crippen LogP contribution in [-0.2, 0) is 5.41 Å². The van der Waals surface area contributed by atoms with E-state index in [0.29, 0.717) is 5.78 Å². The summed E-state index contributed by atoms with van der Waals surface area (Å²) in [6.45, 7) is 8.87. The van der Waals surface area contributed by atoms with Crippen molar-refractivity contribution >= 4 is 5.78 Å².